The standard InChI is InChI=1S/C16H20N2O/c1-19-14-9-10-15(17)16(12-14)18-11-5-8-13-6-3-2-4-7-13/h2-4,6-7,9-10,12,18H,5,8,11,17H2,1H3. The van der Waals surface area contributed by atoms with Crippen molar-refractivity contribution in [3.05, 3.63) is 54.1 Å². The van der Waals surface area contributed by atoms with Crippen molar-refractivity contribution < 1.29 is 4.74 Å². The molecule has 0 aliphatic heterocycles. The Hall–Kier alpha value is -2.16. The molecule has 0 fully saturated rings. The van der Waals surface area contributed by atoms with Gasteiger partial charge in [-0.2, -0.15) is 0 Å². The third-order valence-electron chi connectivity index (χ3n) is 3.06. The van der Waals surface area contributed by atoms with E-state index >= 15 is 0 Å². The predicted octanol–water partition coefficient (Wildman–Crippen LogP) is 3.32. The molecular formula is C16H20N2O. The van der Waals surface area contributed by atoms with Crippen molar-refractivity contribution in [2.24, 2.45) is 0 Å². The molecule has 2 aromatic carbocycles. The fourth-order valence-corrected chi connectivity index (χ4v) is 1.98. The summed E-state index contributed by atoms with van der Waals surface area (Å²) in [6.45, 7) is 0.895. The summed E-state index contributed by atoms with van der Waals surface area (Å²) in [4.78, 5) is 0. The predicted molar refractivity (Wildman–Crippen MR) is 80.7 cm³/mol. The molecule has 3 N–H and O–H groups in total. The molecule has 0 bridgehead atoms. The van der Waals surface area contributed by atoms with Crippen molar-refractivity contribution in [2.75, 3.05) is 24.7 Å². The van der Waals surface area contributed by atoms with Gasteiger partial charge in [-0.15, -0.1) is 0 Å². The molecule has 0 aliphatic carbocycles. The second kappa shape index (κ2) is 6.69. The highest BCUT2D eigenvalue weighted by Crippen LogP contribution is 2.24. The lowest BCUT2D eigenvalue weighted by Crippen LogP contribution is -2.05. The van der Waals surface area contributed by atoms with Crippen molar-refractivity contribution in [3.8, 4) is 5.75 Å². The molecule has 0 spiro atoms. The molecule has 0 atom stereocenters. The molecule has 3 heteroatoms. The highest BCUT2D eigenvalue weighted by atomic mass is 16.5. The molecule has 0 saturated heterocycles. The van der Waals surface area contributed by atoms with E-state index < -0.39 is 0 Å². The van der Waals surface area contributed by atoms with Crippen molar-refractivity contribution in [1.82, 2.24) is 0 Å². The molecule has 2 rings (SSSR count). The summed E-state index contributed by atoms with van der Waals surface area (Å²) in [6, 6.07) is 16.1. The number of hydrogen-bond acceptors (Lipinski definition) is 3. The smallest absolute Gasteiger partial charge is 0.121 e. The topological polar surface area (TPSA) is 47.3 Å². The minimum Gasteiger partial charge on any atom is -0.497 e. The summed E-state index contributed by atoms with van der Waals surface area (Å²) >= 11 is 0. The normalized spacial score (nSPS) is 10.2. The zero-order chi connectivity index (χ0) is 13.5. The Kier molecular flexibility index (Phi) is 4.67. The van der Waals surface area contributed by atoms with E-state index in [-0.39, 0.29) is 0 Å². The number of ether oxygens (including phenoxy) is 1. The van der Waals surface area contributed by atoms with Gasteiger partial charge >= 0.3 is 0 Å². The van der Waals surface area contributed by atoms with Crippen LogP contribution in [0.1, 0.15) is 12.0 Å². The van der Waals surface area contributed by atoms with E-state index in [0.717, 1.165) is 36.5 Å². The quantitative estimate of drug-likeness (QED) is 0.615. The van der Waals surface area contributed by atoms with Gasteiger partial charge in [0, 0.05) is 12.6 Å². The first-order chi connectivity index (χ1) is 9.29. The summed E-state index contributed by atoms with van der Waals surface area (Å²) < 4.78 is 5.19. The largest absolute Gasteiger partial charge is 0.497 e. The van der Waals surface area contributed by atoms with E-state index in [1.807, 2.05) is 24.3 Å². The number of benzene rings is 2. The minimum atomic E-state index is 0.750. The van der Waals surface area contributed by atoms with Crippen molar-refractivity contribution >= 4 is 11.4 Å². The fourth-order valence-electron chi connectivity index (χ4n) is 1.98. The average Bonchev–Trinajstić information content (AvgIpc) is 2.46. The molecule has 0 radical (unpaired) electrons. The van der Waals surface area contributed by atoms with Crippen LogP contribution in [0, 0.1) is 0 Å². The van der Waals surface area contributed by atoms with Gasteiger partial charge in [-0.1, -0.05) is 30.3 Å². The molecule has 0 aliphatic rings. The number of nitrogens with two attached hydrogens (primary N) is 1. The molecular weight excluding hydrogens is 236 g/mol. The zero-order valence-electron chi connectivity index (χ0n) is 11.2. The van der Waals surface area contributed by atoms with Gasteiger partial charge in [-0.25, -0.2) is 0 Å². The maximum Gasteiger partial charge on any atom is 0.121 e. The maximum absolute atomic E-state index is 5.92. The van der Waals surface area contributed by atoms with Gasteiger partial charge in [0.2, 0.25) is 0 Å². The van der Waals surface area contributed by atoms with Crippen LogP contribution in [-0.2, 0) is 6.42 Å². The fraction of sp³-hybridized carbons (Fsp3) is 0.250. The van der Waals surface area contributed by atoms with Crippen LogP contribution in [0.3, 0.4) is 0 Å². The number of aryl methyl sites for hydroxylation is 1. The lowest BCUT2D eigenvalue weighted by atomic mass is 10.1. The van der Waals surface area contributed by atoms with Crippen molar-refractivity contribution in [3.63, 3.8) is 0 Å². The van der Waals surface area contributed by atoms with E-state index in [9.17, 15) is 0 Å². The average molecular weight is 256 g/mol. The Morgan fingerprint density at radius 1 is 1.11 bits per heavy atom. The highest BCUT2D eigenvalue weighted by Gasteiger charge is 2.00. The Morgan fingerprint density at radius 2 is 1.89 bits per heavy atom. The van der Waals surface area contributed by atoms with Gasteiger partial charge in [-0.3, -0.25) is 0 Å². The summed E-state index contributed by atoms with van der Waals surface area (Å²) in [5.41, 5.74) is 8.97. The SMILES string of the molecule is COc1ccc(N)c(NCCCc2ccccc2)c1. The number of nitrogen functional groups attached to an aromatic ring is 1. The van der Waals surface area contributed by atoms with Crippen LogP contribution in [0.25, 0.3) is 0 Å². The van der Waals surface area contributed by atoms with Crippen molar-refractivity contribution in [1.29, 1.82) is 0 Å². The third kappa shape index (κ3) is 3.91. The van der Waals surface area contributed by atoms with Gasteiger partial charge in [0.25, 0.3) is 0 Å². The molecule has 0 unspecified atom stereocenters. The molecule has 0 aromatic heterocycles. The van der Waals surface area contributed by atoms with E-state index in [1.165, 1.54) is 5.56 Å². The van der Waals surface area contributed by atoms with Crippen LogP contribution < -0.4 is 15.8 Å². The van der Waals surface area contributed by atoms with E-state index in [2.05, 4.69) is 29.6 Å². The molecule has 100 valence electrons. The van der Waals surface area contributed by atoms with Gasteiger partial charge in [0.1, 0.15) is 5.75 Å². The number of methoxy groups -OCH3 is 1. The van der Waals surface area contributed by atoms with Crippen LogP contribution in [0.4, 0.5) is 11.4 Å². The molecule has 0 saturated carbocycles. The Bertz CT molecular complexity index is 511. The maximum atomic E-state index is 5.92. The summed E-state index contributed by atoms with van der Waals surface area (Å²) in [7, 11) is 1.66. The summed E-state index contributed by atoms with van der Waals surface area (Å²) in [5, 5.41) is 3.35. The number of anilines is 2. The number of hydrogen-bond donors (Lipinski definition) is 2. The number of nitrogens with one attached hydrogen (secondary N) is 1. The van der Waals surface area contributed by atoms with Gasteiger partial charge < -0.3 is 15.8 Å². The number of rotatable bonds is 6. The van der Waals surface area contributed by atoms with Crippen LogP contribution in [0.5, 0.6) is 5.75 Å². The minimum absolute atomic E-state index is 0.750. The summed E-state index contributed by atoms with van der Waals surface area (Å²) in [6.07, 6.45) is 2.14. The molecule has 0 amide bonds. The van der Waals surface area contributed by atoms with Crippen LogP contribution in [-0.4, -0.2) is 13.7 Å². The Labute approximate surface area is 114 Å². The second-order valence-corrected chi connectivity index (χ2v) is 4.47. The molecule has 3 nitrogen and oxygen atoms in total. The first kappa shape index (κ1) is 13.3. The Morgan fingerprint density at radius 3 is 2.63 bits per heavy atom. The molecule has 2 aromatic rings. The molecule has 0 heterocycles. The van der Waals surface area contributed by atoms with Crippen LogP contribution >= 0.6 is 0 Å². The van der Waals surface area contributed by atoms with Gasteiger partial charge in [0.15, 0.2) is 0 Å². The zero-order valence-corrected chi connectivity index (χ0v) is 11.2. The van der Waals surface area contributed by atoms with E-state index in [4.69, 9.17) is 10.5 Å². The highest BCUT2D eigenvalue weighted by molar-refractivity contribution is 5.68. The monoisotopic (exact) mass is 256 g/mol. The lowest BCUT2D eigenvalue weighted by molar-refractivity contribution is 0.415. The van der Waals surface area contributed by atoms with Crippen LogP contribution in [0.15, 0.2) is 48.5 Å². The van der Waals surface area contributed by atoms with E-state index in [1.54, 1.807) is 7.11 Å². The molecule has 19 heavy (non-hydrogen) atoms. The lowest BCUT2D eigenvalue weighted by Gasteiger charge is -2.11. The van der Waals surface area contributed by atoms with Crippen LogP contribution in [0.2, 0.25) is 0 Å². The van der Waals surface area contributed by atoms with E-state index in [0.29, 0.717) is 0 Å². The van der Waals surface area contributed by atoms with Gasteiger partial charge in [0.05, 0.1) is 18.5 Å². The second-order valence-electron chi connectivity index (χ2n) is 4.47. The first-order valence-electron chi connectivity index (χ1n) is 6.51. The first-order valence-corrected chi connectivity index (χ1v) is 6.51. The Balaban J connectivity index is 1.82. The third-order valence-corrected chi connectivity index (χ3v) is 3.06. The summed E-state index contributed by atoms with van der Waals surface area (Å²) in [5.74, 6) is 0.819. The van der Waals surface area contributed by atoms with Crippen molar-refractivity contribution in [2.45, 2.75) is 12.8 Å². The van der Waals surface area contributed by atoms with Gasteiger partial charge in [-0.05, 0) is 30.5 Å².